The summed E-state index contributed by atoms with van der Waals surface area (Å²) in [6.45, 7) is 1.86. The zero-order valence-corrected chi connectivity index (χ0v) is 23.4. The first-order valence-electron chi connectivity index (χ1n) is 14.2. The Hall–Kier alpha value is -1.69. The second-order valence-electron chi connectivity index (χ2n) is 10.3. The highest BCUT2D eigenvalue weighted by atomic mass is 32.2. The summed E-state index contributed by atoms with van der Waals surface area (Å²) in [5.74, 6) is 0.936. The Morgan fingerprint density at radius 3 is 2.44 bits per heavy atom. The van der Waals surface area contributed by atoms with Crippen molar-refractivity contribution in [3.05, 3.63) is 30.3 Å². The number of rotatable bonds is 16. The maximum atomic E-state index is 13.1. The van der Waals surface area contributed by atoms with Gasteiger partial charge in [-0.3, -0.25) is 9.59 Å². The van der Waals surface area contributed by atoms with E-state index >= 15 is 0 Å². The molecule has 39 heavy (non-hydrogen) atoms. The minimum absolute atomic E-state index is 0.109. The molecule has 1 saturated carbocycles. The van der Waals surface area contributed by atoms with Crippen molar-refractivity contribution in [3.8, 4) is 5.75 Å². The standard InChI is InChI=1S/C29H42O9S/c30-24-18-25(38-28-11-5-7-15-34-28)29(23(24)12-16-39-17-13-26(31)32)36-20-22(37-27-10-4-6-14-33-27)19-35-21-8-2-1-3-9-21/h1-3,8-9,22-23,25,27-29H,4-7,10-20H2,(H,31,32). The lowest BCUT2D eigenvalue weighted by atomic mass is 10.0. The third-order valence-corrected chi connectivity index (χ3v) is 8.23. The number of benzene rings is 1. The number of thioether (sulfide) groups is 1. The van der Waals surface area contributed by atoms with E-state index in [-0.39, 0.29) is 56.4 Å². The van der Waals surface area contributed by atoms with E-state index in [1.54, 1.807) is 11.8 Å². The van der Waals surface area contributed by atoms with Crippen molar-refractivity contribution in [1.29, 1.82) is 0 Å². The van der Waals surface area contributed by atoms with Crippen molar-refractivity contribution in [1.82, 2.24) is 0 Å². The highest BCUT2D eigenvalue weighted by Gasteiger charge is 2.45. The van der Waals surface area contributed by atoms with Crippen LogP contribution in [0.3, 0.4) is 0 Å². The van der Waals surface area contributed by atoms with Crippen LogP contribution in [0.2, 0.25) is 0 Å². The van der Waals surface area contributed by atoms with Crippen LogP contribution >= 0.6 is 11.8 Å². The zero-order chi connectivity index (χ0) is 27.3. The molecule has 3 aliphatic rings. The summed E-state index contributed by atoms with van der Waals surface area (Å²) in [6.07, 6.45) is 4.92. The molecule has 2 aliphatic heterocycles. The monoisotopic (exact) mass is 566 g/mol. The van der Waals surface area contributed by atoms with Crippen LogP contribution in [-0.4, -0.2) is 85.7 Å². The number of carbonyl (C=O) groups is 2. The average Bonchev–Trinajstić information content (AvgIpc) is 3.24. The SMILES string of the molecule is O=C(O)CCSCCC1C(=O)CC(OC2CCCCO2)C1OCC(COc1ccccc1)OC1CCCCO1. The molecule has 0 amide bonds. The first-order valence-corrected chi connectivity index (χ1v) is 15.4. The molecule has 10 heteroatoms. The lowest BCUT2D eigenvalue weighted by Gasteiger charge is -2.32. The van der Waals surface area contributed by atoms with Crippen molar-refractivity contribution in [2.75, 3.05) is 37.9 Å². The average molecular weight is 567 g/mol. The lowest BCUT2D eigenvalue weighted by molar-refractivity contribution is -0.226. The summed E-state index contributed by atoms with van der Waals surface area (Å²) in [5, 5.41) is 8.91. The first kappa shape index (κ1) is 30.3. The van der Waals surface area contributed by atoms with Crippen LogP contribution in [0.1, 0.15) is 57.8 Å². The topological polar surface area (TPSA) is 110 Å². The molecular weight excluding hydrogens is 524 g/mol. The Morgan fingerprint density at radius 1 is 1.00 bits per heavy atom. The molecule has 1 N–H and O–H groups in total. The van der Waals surface area contributed by atoms with Crippen molar-refractivity contribution < 1.29 is 43.1 Å². The van der Waals surface area contributed by atoms with Crippen LogP contribution in [0.15, 0.2) is 30.3 Å². The summed E-state index contributed by atoms with van der Waals surface area (Å²) in [6, 6.07) is 9.58. The number of carboxylic acids is 1. The molecular formula is C29H42O9S. The van der Waals surface area contributed by atoms with E-state index in [1.807, 2.05) is 30.3 Å². The van der Waals surface area contributed by atoms with Crippen LogP contribution in [0.5, 0.6) is 5.75 Å². The molecule has 1 aromatic rings. The molecule has 0 bridgehead atoms. The maximum Gasteiger partial charge on any atom is 0.304 e. The predicted molar refractivity (Wildman–Crippen MR) is 146 cm³/mol. The molecule has 2 saturated heterocycles. The van der Waals surface area contributed by atoms with Crippen LogP contribution in [-0.2, 0) is 33.3 Å². The minimum Gasteiger partial charge on any atom is -0.491 e. The molecule has 6 atom stereocenters. The zero-order valence-electron chi connectivity index (χ0n) is 22.6. The number of aliphatic carboxylic acids is 1. The van der Waals surface area contributed by atoms with Crippen molar-refractivity contribution in [3.63, 3.8) is 0 Å². The highest BCUT2D eigenvalue weighted by Crippen LogP contribution is 2.34. The second-order valence-corrected chi connectivity index (χ2v) is 11.5. The molecule has 6 unspecified atom stereocenters. The number of para-hydroxylation sites is 1. The third kappa shape index (κ3) is 10.3. The maximum absolute atomic E-state index is 13.1. The van der Waals surface area contributed by atoms with E-state index in [9.17, 15) is 9.59 Å². The number of ketones is 1. The summed E-state index contributed by atoms with van der Waals surface area (Å²) < 4.78 is 36.6. The second kappa shape index (κ2) is 16.5. The Kier molecular flexibility index (Phi) is 12.8. The van der Waals surface area contributed by atoms with Gasteiger partial charge in [0.1, 0.15) is 24.2 Å². The van der Waals surface area contributed by atoms with Crippen LogP contribution < -0.4 is 4.74 Å². The van der Waals surface area contributed by atoms with E-state index < -0.39 is 18.2 Å². The predicted octanol–water partition coefficient (Wildman–Crippen LogP) is 4.46. The van der Waals surface area contributed by atoms with Gasteiger partial charge < -0.3 is 33.5 Å². The van der Waals surface area contributed by atoms with E-state index in [1.165, 1.54) is 0 Å². The number of ether oxygens (including phenoxy) is 6. The van der Waals surface area contributed by atoms with Gasteiger partial charge in [-0.05, 0) is 62.8 Å². The quantitative estimate of drug-likeness (QED) is 0.288. The summed E-state index contributed by atoms with van der Waals surface area (Å²) >= 11 is 1.55. The number of hydrogen-bond donors (Lipinski definition) is 1. The molecule has 0 radical (unpaired) electrons. The number of carbonyl (C=O) groups excluding carboxylic acids is 1. The Balaban J connectivity index is 1.38. The Labute approximate surface area is 235 Å². The number of carboxylic acid groups (broad SMARTS) is 1. The molecule has 3 fully saturated rings. The van der Waals surface area contributed by atoms with Gasteiger partial charge in [-0.2, -0.15) is 11.8 Å². The largest absolute Gasteiger partial charge is 0.491 e. The minimum atomic E-state index is -0.813. The van der Waals surface area contributed by atoms with Crippen LogP contribution in [0.4, 0.5) is 0 Å². The number of hydrogen-bond acceptors (Lipinski definition) is 9. The first-order chi connectivity index (χ1) is 19.1. The summed E-state index contributed by atoms with van der Waals surface area (Å²) in [5.41, 5.74) is 0. The van der Waals surface area contributed by atoms with Gasteiger partial charge >= 0.3 is 5.97 Å². The molecule has 4 rings (SSSR count). The molecule has 1 aromatic carbocycles. The van der Waals surface area contributed by atoms with E-state index in [0.29, 0.717) is 31.1 Å². The molecule has 0 spiro atoms. The van der Waals surface area contributed by atoms with Gasteiger partial charge in [0.15, 0.2) is 12.6 Å². The van der Waals surface area contributed by atoms with Gasteiger partial charge in [0.25, 0.3) is 0 Å². The third-order valence-electron chi connectivity index (χ3n) is 7.21. The van der Waals surface area contributed by atoms with Gasteiger partial charge in [-0.15, -0.1) is 0 Å². The van der Waals surface area contributed by atoms with Gasteiger partial charge in [-0.1, -0.05) is 18.2 Å². The molecule has 9 nitrogen and oxygen atoms in total. The number of Topliss-reactive ketones (excluding diaryl/α,β-unsaturated/α-hetero) is 1. The lowest BCUT2D eigenvalue weighted by Crippen LogP contribution is -2.40. The van der Waals surface area contributed by atoms with Crippen molar-refractivity contribution >= 4 is 23.5 Å². The fourth-order valence-corrected chi connectivity index (χ4v) is 6.10. The van der Waals surface area contributed by atoms with Gasteiger partial charge in [0, 0.05) is 31.3 Å². The molecule has 0 aromatic heterocycles. The molecule has 2 heterocycles. The van der Waals surface area contributed by atoms with Gasteiger partial charge in [0.2, 0.25) is 0 Å². The van der Waals surface area contributed by atoms with E-state index in [0.717, 1.165) is 44.3 Å². The Bertz CT molecular complexity index is 858. The Morgan fingerprint density at radius 2 is 1.74 bits per heavy atom. The smallest absolute Gasteiger partial charge is 0.304 e. The molecule has 1 aliphatic carbocycles. The fraction of sp³-hybridized carbons (Fsp3) is 0.724. The van der Waals surface area contributed by atoms with Crippen molar-refractivity contribution in [2.45, 2.75) is 88.7 Å². The van der Waals surface area contributed by atoms with Gasteiger partial charge in [-0.25, -0.2) is 0 Å². The van der Waals surface area contributed by atoms with Gasteiger partial charge in [0.05, 0.1) is 25.2 Å². The summed E-state index contributed by atoms with van der Waals surface area (Å²) in [7, 11) is 0. The molecule has 218 valence electrons. The fourth-order valence-electron chi connectivity index (χ4n) is 5.15. The van der Waals surface area contributed by atoms with E-state index in [4.69, 9.17) is 33.5 Å². The highest BCUT2D eigenvalue weighted by molar-refractivity contribution is 7.99. The normalized spacial score (nSPS) is 28.3. The van der Waals surface area contributed by atoms with Crippen LogP contribution in [0, 0.1) is 5.92 Å². The van der Waals surface area contributed by atoms with Crippen molar-refractivity contribution in [2.24, 2.45) is 5.92 Å². The van der Waals surface area contributed by atoms with E-state index in [2.05, 4.69) is 0 Å². The summed E-state index contributed by atoms with van der Waals surface area (Å²) in [4.78, 5) is 23.9. The van der Waals surface area contributed by atoms with Crippen LogP contribution in [0.25, 0.3) is 0 Å².